The maximum atomic E-state index is 12.6. The van der Waals surface area contributed by atoms with Gasteiger partial charge in [0.25, 0.3) is 0 Å². The molecule has 11 heteroatoms. The summed E-state index contributed by atoms with van der Waals surface area (Å²) in [5.74, 6) is 0.913. The minimum atomic E-state index is -3.48. The molecule has 1 amide bonds. The number of anilines is 2. The molecule has 0 bridgehead atoms. The van der Waals surface area contributed by atoms with Crippen LogP contribution in [0.5, 0.6) is 0 Å². The van der Waals surface area contributed by atoms with E-state index in [1.807, 2.05) is 39.0 Å². The van der Waals surface area contributed by atoms with Crippen LogP contribution >= 0.6 is 11.3 Å². The van der Waals surface area contributed by atoms with E-state index in [9.17, 15) is 13.2 Å². The fourth-order valence-electron chi connectivity index (χ4n) is 4.24. The van der Waals surface area contributed by atoms with Gasteiger partial charge in [0.15, 0.2) is 15.7 Å². The van der Waals surface area contributed by atoms with Crippen molar-refractivity contribution < 1.29 is 17.9 Å². The average Bonchev–Trinajstić information content (AvgIpc) is 3.42. The summed E-state index contributed by atoms with van der Waals surface area (Å²) in [7, 11) is -3.48. The molecule has 9 nitrogen and oxygen atoms in total. The van der Waals surface area contributed by atoms with Crippen LogP contribution in [-0.4, -0.2) is 48.1 Å². The van der Waals surface area contributed by atoms with Crippen molar-refractivity contribution in [1.82, 2.24) is 20.5 Å². The Hall–Kier alpha value is -2.92. The van der Waals surface area contributed by atoms with Gasteiger partial charge in [0.05, 0.1) is 20.9 Å². The number of aryl methyl sites for hydroxylation is 1. The number of carbonyl (C=O) groups excluding carboxylic acids is 1. The number of aromatic amines is 1. The Kier molecular flexibility index (Phi) is 7.46. The van der Waals surface area contributed by atoms with Gasteiger partial charge in [-0.05, 0) is 58.6 Å². The van der Waals surface area contributed by atoms with Gasteiger partial charge in [-0.25, -0.2) is 18.2 Å². The number of amides is 1. The number of hydrogen-bond acceptors (Lipinski definition) is 8. The zero-order valence-electron chi connectivity index (χ0n) is 20.3. The number of benzene rings is 1. The quantitative estimate of drug-likeness (QED) is 0.396. The zero-order chi connectivity index (χ0) is 25.2. The molecule has 2 aromatic heterocycles. The monoisotopic (exact) mass is 517 g/mol. The van der Waals surface area contributed by atoms with E-state index in [0.29, 0.717) is 23.0 Å². The molecular formula is C24H31N5O4S2. The number of H-pyrrole nitrogens is 1. The third-order valence-electron chi connectivity index (χ3n) is 5.89. The van der Waals surface area contributed by atoms with E-state index >= 15 is 0 Å². The van der Waals surface area contributed by atoms with E-state index < -0.39 is 9.84 Å². The molecular weight excluding hydrogens is 486 g/mol. The van der Waals surface area contributed by atoms with Crippen LogP contribution < -0.4 is 10.6 Å². The lowest BCUT2D eigenvalue weighted by Gasteiger charge is -2.28. The molecule has 0 atom stereocenters. The third-order valence-corrected chi connectivity index (χ3v) is 8.22. The Labute approximate surface area is 209 Å². The number of nitrogens with zero attached hydrogens (tertiary/aromatic N) is 2. The van der Waals surface area contributed by atoms with Gasteiger partial charge in [0.1, 0.15) is 0 Å². The summed E-state index contributed by atoms with van der Waals surface area (Å²) in [5.41, 5.74) is 2.20. The van der Waals surface area contributed by atoms with Crippen molar-refractivity contribution in [1.29, 1.82) is 0 Å². The molecule has 0 aliphatic heterocycles. The van der Waals surface area contributed by atoms with Crippen molar-refractivity contribution in [3.05, 3.63) is 41.2 Å². The van der Waals surface area contributed by atoms with Crippen LogP contribution in [0.1, 0.15) is 56.2 Å². The van der Waals surface area contributed by atoms with E-state index in [2.05, 4.69) is 25.8 Å². The van der Waals surface area contributed by atoms with Crippen molar-refractivity contribution in [2.24, 2.45) is 0 Å². The van der Waals surface area contributed by atoms with E-state index in [4.69, 9.17) is 4.74 Å². The number of thiazole rings is 1. The molecule has 2 heterocycles. The second-order valence-electron chi connectivity index (χ2n) is 9.25. The van der Waals surface area contributed by atoms with Crippen LogP contribution in [0.2, 0.25) is 0 Å². The number of nitrogens with one attached hydrogen (secondary N) is 3. The Bertz CT molecular complexity index is 1290. The summed E-state index contributed by atoms with van der Waals surface area (Å²) >= 11 is 1.53. The van der Waals surface area contributed by atoms with E-state index in [1.165, 1.54) is 17.6 Å². The van der Waals surface area contributed by atoms with Crippen molar-refractivity contribution in [3.63, 3.8) is 0 Å². The van der Waals surface area contributed by atoms with Gasteiger partial charge < -0.3 is 15.4 Å². The Morgan fingerprint density at radius 3 is 2.57 bits per heavy atom. The van der Waals surface area contributed by atoms with Gasteiger partial charge in [0, 0.05) is 47.4 Å². The van der Waals surface area contributed by atoms with Crippen molar-refractivity contribution in [2.75, 3.05) is 11.6 Å². The third kappa shape index (κ3) is 6.40. The fraction of sp³-hybridized carbons (Fsp3) is 0.458. The van der Waals surface area contributed by atoms with Gasteiger partial charge >= 0.3 is 6.09 Å². The van der Waals surface area contributed by atoms with Crippen LogP contribution in [-0.2, 0) is 14.6 Å². The summed E-state index contributed by atoms with van der Waals surface area (Å²) in [6, 6.07) is 7.26. The highest BCUT2D eigenvalue weighted by molar-refractivity contribution is 7.90. The van der Waals surface area contributed by atoms with Crippen molar-refractivity contribution >= 4 is 38.8 Å². The number of alkyl carbamates (subject to hydrolysis) is 1. The van der Waals surface area contributed by atoms with Crippen LogP contribution in [0.25, 0.3) is 10.4 Å². The lowest BCUT2D eigenvalue weighted by atomic mass is 9.86. The van der Waals surface area contributed by atoms with Crippen LogP contribution in [0.4, 0.5) is 16.3 Å². The van der Waals surface area contributed by atoms with Crippen LogP contribution in [0.3, 0.4) is 0 Å². The molecule has 3 N–H and O–H groups in total. The normalized spacial score (nSPS) is 18.4. The summed E-state index contributed by atoms with van der Waals surface area (Å²) in [5, 5.41) is 14.1. The zero-order valence-corrected chi connectivity index (χ0v) is 21.9. The topological polar surface area (TPSA) is 126 Å². The SMILES string of the molecule is Cc1cc(Nc2ccc(-c3cnc(C4CCC(NC(=O)OC(C)C)CC4)s3)c(S(C)(=O)=O)c2)n[nH]1. The molecule has 188 valence electrons. The summed E-state index contributed by atoms with van der Waals surface area (Å²) in [4.78, 5) is 17.6. The van der Waals surface area contributed by atoms with Gasteiger partial charge in [-0.3, -0.25) is 5.10 Å². The highest BCUT2D eigenvalue weighted by Crippen LogP contribution is 2.40. The second-order valence-corrected chi connectivity index (χ2v) is 12.3. The Morgan fingerprint density at radius 2 is 1.94 bits per heavy atom. The van der Waals surface area contributed by atoms with Gasteiger partial charge in [0.2, 0.25) is 0 Å². The van der Waals surface area contributed by atoms with Crippen molar-refractivity contribution in [3.8, 4) is 10.4 Å². The number of hydrogen-bond donors (Lipinski definition) is 3. The molecule has 4 rings (SSSR count). The summed E-state index contributed by atoms with van der Waals surface area (Å²) < 4.78 is 30.4. The van der Waals surface area contributed by atoms with E-state index in [0.717, 1.165) is 41.3 Å². The first-order valence-corrected chi connectivity index (χ1v) is 14.4. The molecule has 1 fully saturated rings. The molecule has 1 aliphatic carbocycles. The molecule has 35 heavy (non-hydrogen) atoms. The molecule has 1 saturated carbocycles. The molecule has 0 unspecified atom stereocenters. The van der Waals surface area contributed by atoms with Gasteiger partial charge in [-0.15, -0.1) is 11.3 Å². The van der Waals surface area contributed by atoms with E-state index in [-0.39, 0.29) is 23.1 Å². The van der Waals surface area contributed by atoms with Crippen molar-refractivity contribution in [2.45, 2.75) is 69.4 Å². The molecule has 0 saturated heterocycles. The highest BCUT2D eigenvalue weighted by Gasteiger charge is 2.27. The van der Waals surface area contributed by atoms with E-state index in [1.54, 1.807) is 12.3 Å². The fourth-order valence-corrected chi connectivity index (χ4v) is 6.35. The largest absolute Gasteiger partial charge is 0.447 e. The predicted molar refractivity (Wildman–Crippen MR) is 137 cm³/mol. The maximum Gasteiger partial charge on any atom is 0.407 e. The number of carbonyl (C=O) groups is 1. The highest BCUT2D eigenvalue weighted by atomic mass is 32.2. The van der Waals surface area contributed by atoms with Gasteiger partial charge in [-0.2, -0.15) is 5.10 Å². The Balaban J connectivity index is 1.47. The minimum absolute atomic E-state index is 0.104. The molecule has 1 aliphatic rings. The van der Waals surface area contributed by atoms with Crippen LogP contribution in [0.15, 0.2) is 35.4 Å². The number of aromatic nitrogens is 3. The first kappa shape index (κ1) is 25.2. The minimum Gasteiger partial charge on any atom is -0.447 e. The molecule has 0 spiro atoms. The second kappa shape index (κ2) is 10.4. The Morgan fingerprint density at radius 1 is 1.20 bits per heavy atom. The molecule has 0 radical (unpaired) electrons. The molecule has 1 aromatic carbocycles. The number of rotatable bonds is 7. The van der Waals surface area contributed by atoms with Crippen LogP contribution in [0, 0.1) is 6.92 Å². The predicted octanol–water partition coefficient (Wildman–Crippen LogP) is 5.15. The first-order chi connectivity index (χ1) is 16.6. The van der Waals surface area contributed by atoms with Gasteiger partial charge in [-0.1, -0.05) is 6.07 Å². The lowest BCUT2D eigenvalue weighted by Crippen LogP contribution is -2.38. The molecule has 3 aromatic rings. The average molecular weight is 518 g/mol. The number of ether oxygens (including phenoxy) is 1. The number of sulfone groups is 1. The standard InChI is InChI=1S/C24H31N5O4S2/c1-14(2)33-24(30)27-17-7-5-16(6-8-17)23-25-13-20(34-23)19-10-9-18(12-21(19)35(4,31)32)26-22-11-15(3)28-29-22/h9-14,16-17H,5-8H2,1-4H3,(H,27,30)(H2,26,28,29). The smallest absolute Gasteiger partial charge is 0.407 e. The lowest BCUT2D eigenvalue weighted by molar-refractivity contribution is 0.109. The summed E-state index contributed by atoms with van der Waals surface area (Å²) in [6.07, 6.45) is 6.00. The maximum absolute atomic E-state index is 12.6. The summed E-state index contributed by atoms with van der Waals surface area (Å²) in [6.45, 7) is 5.56. The first-order valence-electron chi connectivity index (χ1n) is 11.6.